The molecule has 0 radical (unpaired) electrons. The Bertz CT molecular complexity index is 511. The zero-order chi connectivity index (χ0) is 29.9. The van der Waals surface area contributed by atoms with E-state index in [1.54, 1.807) is 0 Å². The van der Waals surface area contributed by atoms with Crippen LogP contribution in [-0.4, -0.2) is 59.8 Å². The molecule has 0 saturated heterocycles. The van der Waals surface area contributed by atoms with Gasteiger partial charge in [-0.15, -0.1) is 0 Å². The number of aliphatic hydroxyl groups excluding tert-OH is 3. The second kappa shape index (κ2) is 35.8. The number of hydrogen-bond donors (Lipinski definition) is 3. The molecule has 240 valence electrons. The highest BCUT2D eigenvalue weighted by Crippen LogP contribution is 2.14. The minimum Gasteiger partial charge on any atom is -0.462 e. The molecule has 1 unspecified atom stereocenters. The van der Waals surface area contributed by atoms with Gasteiger partial charge in [0.15, 0.2) is 6.10 Å². The summed E-state index contributed by atoms with van der Waals surface area (Å²) in [4.78, 5) is 24.0. The van der Waals surface area contributed by atoms with Gasteiger partial charge in [-0.25, -0.2) is 0 Å². The highest BCUT2D eigenvalue weighted by atomic mass is 16.6. The van der Waals surface area contributed by atoms with E-state index in [1.807, 2.05) is 0 Å². The Hall–Kier alpha value is -1.18. The van der Waals surface area contributed by atoms with E-state index in [2.05, 4.69) is 13.8 Å². The molecule has 0 aromatic rings. The monoisotopic (exact) mass is 574 g/mol. The van der Waals surface area contributed by atoms with Crippen LogP contribution in [0.15, 0.2) is 0 Å². The normalized spacial score (nSPS) is 11.5. The largest absolute Gasteiger partial charge is 0.462 e. The Labute approximate surface area is 246 Å². The fourth-order valence-corrected chi connectivity index (χ4v) is 4.49. The highest BCUT2D eigenvalue weighted by Gasteiger charge is 2.16. The number of hydrogen-bond acceptors (Lipinski definition) is 7. The maximum Gasteiger partial charge on any atom is 0.306 e. The van der Waals surface area contributed by atoms with E-state index in [-0.39, 0.29) is 38.4 Å². The first kappa shape index (κ1) is 41.0. The standard InChI is InChI=1S/C31H60O5.C2H6O2/c1-3-5-7-9-11-13-15-17-19-21-23-25-30(33)35-28-29(27-32)36-31(34)26-24-22-20-18-16-14-12-10-8-6-4-2;3-1-2-4/h29,32H,3-28H2,1-2H3;3-4H,1-2H2. The predicted molar refractivity (Wildman–Crippen MR) is 164 cm³/mol. The summed E-state index contributed by atoms with van der Waals surface area (Å²) in [6.45, 7) is 3.86. The predicted octanol–water partition coefficient (Wildman–Crippen LogP) is 7.81. The van der Waals surface area contributed by atoms with E-state index >= 15 is 0 Å². The zero-order valence-corrected chi connectivity index (χ0v) is 26.4. The van der Waals surface area contributed by atoms with Gasteiger partial charge >= 0.3 is 11.9 Å². The van der Waals surface area contributed by atoms with Crippen molar-refractivity contribution >= 4 is 11.9 Å². The lowest BCUT2D eigenvalue weighted by atomic mass is 10.1. The van der Waals surface area contributed by atoms with Crippen molar-refractivity contribution in [3.63, 3.8) is 0 Å². The maximum atomic E-state index is 12.0. The maximum absolute atomic E-state index is 12.0. The lowest BCUT2D eigenvalue weighted by Crippen LogP contribution is -2.28. The Morgan fingerprint density at radius 3 is 1.15 bits per heavy atom. The minimum absolute atomic E-state index is 0.0582. The summed E-state index contributed by atoms with van der Waals surface area (Å²) < 4.78 is 10.5. The van der Waals surface area contributed by atoms with E-state index in [9.17, 15) is 14.7 Å². The van der Waals surface area contributed by atoms with Crippen molar-refractivity contribution in [3.8, 4) is 0 Å². The van der Waals surface area contributed by atoms with Gasteiger partial charge < -0.3 is 24.8 Å². The summed E-state index contributed by atoms with van der Waals surface area (Å²) in [5.74, 6) is -0.586. The molecule has 0 bridgehead atoms. The van der Waals surface area contributed by atoms with Crippen LogP contribution in [0.1, 0.15) is 168 Å². The topological polar surface area (TPSA) is 113 Å². The van der Waals surface area contributed by atoms with Crippen LogP contribution >= 0.6 is 0 Å². The first-order valence-electron chi connectivity index (χ1n) is 16.7. The lowest BCUT2D eigenvalue weighted by Gasteiger charge is -2.15. The number of carbonyl (C=O) groups is 2. The SMILES string of the molecule is CCCCCCCCCCCCCC(=O)OCC(CO)OC(=O)CCCCCCCCCCCCC.OCCO. The molecule has 0 saturated carbocycles. The summed E-state index contributed by atoms with van der Waals surface area (Å²) in [5.41, 5.74) is 0. The van der Waals surface area contributed by atoms with Crippen LogP contribution in [0.4, 0.5) is 0 Å². The molecule has 0 aromatic heterocycles. The van der Waals surface area contributed by atoms with Crippen molar-refractivity contribution in [3.05, 3.63) is 0 Å². The van der Waals surface area contributed by atoms with Crippen LogP contribution in [-0.2, 0) is 19.1 Å². The third-order valence-electron chi connectivity index (χ3n) is 7.00. The quantitative estimate of drug-likeness (QED) is 0.0617. The van der Waals surface area contributed by atoms with Gasteiger partial charge in [0.1, 0.15) is 6.61 Å². The van der Waals surface area contributed by atoms with Crippen molar-refractivity contribution < 1.29 is 34.4 Å². The van der Waals surface area contributed by atoms with Gasteiger partial charge in [-0.3, -0.25) is 9.59 Å². The van der Waals surface area contributed by atoms with E-state index in [1.165, 1.54) is 103 Å². The Morgan fingerprint density at radius 2 is 0.825 bits per heavy atom. The number of unbranched alkanes of at least 4 members (excludes halogenated alkanes) is 20. The number of carbonyl (C=O) groups excluding carboxylic acids is 2. The molecule has 0 amide bonds. The molecule has 7 nitrogen and oxygen atoms in total. The Balaban J connectivity index is 0. The van der Waals surface area contributed by atoms with Crippen LogP contribution in [0.25, 0.3) is 0 Å². The Morgan fingerprint density at radius 1 is 0.500 bits per heavy atom. The van der Waals surface area contributed by atoms with E-state index in [0.717, 1.165) is 38.5 Å². The van der Waals surface area contributed by atoms with Gasteiger partial charge in [0.2, 0.25) is 0 Å². The molecule has 0 rings (SSSR count). The minimum atomic E-state index is -0.758. The average Bonchev–Trinajstić information content (AvgIpc) is 2.96. The highest BCUT2D eigenvalue weighted by molar-refractivity contribution is 5.70. The summed E-state index contributed by atoms with van der Waals surface area (Å²) in [5, 5.41) is 24.7. The first-order chi connectivity index (χ1) is 19.5. The van der Waals surface area contributed by atoms with Crippen LogP contribution < -0.4 is 0 Å². The molecule has 7 heteroatoms. The number of esters is 2. The molecule has 3 N–H and O–H groups in total. The third-order valence-corrected chi connectivity index (χ3v) is 7.00. The van der Waals surface area contributed by atoms with E-state index in [0.29, 0.717) is 12.8 Å². The lowest BCUT2D eigenvalue weighted by molar-refractivity contribution is -0.161. The van der Waals surface area contributed by atoms with Gasteiger partial charge in [0.05, 0.1) is 19.8 Å². The van der Waals surface area contributed by atoms with Gasteiger partial charge in [0, 0.05) is 12.8 Å². The fourth-order valence-electron chi connectivity index (χ4n) is 4.49. The van der Waals surface area contributed by atoms with Crippen LogP contribution in [0, 0.1) is 0 Å². The molecule has 0 heterocycles. The smallest absolute Gasteiger partial charge is 0.306 e. The Kier molecular flexibility index (Phi) is 36.7. The fraction of sp³-hybridized carbons (Fsp3) is 0.939. The molecule has 0 aromatic carbocycles. The first-order valence-corrected chi connectivity index (χ1v) is 16.7. The van der Waals surface area contributed by atoms with Gasteiger partial charge in [0.25, 0.3) is 0 Å². The molecule has 1 atom stereocenters. The number of rotatable bonds is 29. The van der Waals surface area contributed by atoms with Crippen molar-refractivity contribution in [2.45, 2.75) is 174 Å². The van der Waals surface area contributed by atoms with Crippen LogP contribution in [0.2, 0.25) is 0 Å². The van der Waals surface area contributed by atoms with Crippen LogP contribution in [0.5, 0.6) is 0 Å². The van der Waals surface area contributed by atoms with Crippen molar-refractivity contribution in [2.24, 2.45) is 0 Å². The molecular weight excluding hydrogens is 508 g/mol. The molecular formula is C33H66O7. The molecule has 0 spiro atoms. The van der Waals surface area contributed by atoms with Gasteiger partial charge in [-0.05, 0) is 12.8 Å². The van der Waals surface area contributed by atoms with Crippen molar-refractivity contribution in [1.29, 1.82) is 0 Å². The second-order valence-electron chi connectivity index (χ2n) is 11.0. The van der Waals surface area contributed by atoms with Crippen LogP contribution in [0.3, 0.4) is 0 Å². The third kappa shape index (κ3) is 34.8. The number of aliphatic hydroxyl groups is 3. The summed E-state index contributed by atoms with van der Waals surface area (Å²) in [6.07, 6.45) is 27.2. The van der Waals surface area contributed by atoms with E-state index < -0.39 is 6.10 Å². The van der Waals surface area contributed by atoms with E-state index in [4.69, 9.17) is 19.7 Å². The molecule has 0 aliphatic carbocycles. The zero-order valence-electron chi connectivity index (χ0n) is 26.4. The average molecular weight is 575 g/mol. The molecule has 0 aliphatic rings. The molecule has 0 fully saturated rings. The number of ether oxygens (including phenoxy) is 2. The summed E-state index contributed by atoms with van der Waals surface area (Å²) in [7, 11) is 0. The molecule has 40 heavy (non-hydrogen) atoms. The molecule has 0 aliphatic heterocycles. The summed E-state index contributed by atoms with van der Waals surface area (Å²) in [6, 6.07) is 0. The van der Waals surface area contributed by atoms with Crippen molar-refractivity contribution in [1.82, 2.24) is 0 Å². The summed E-state index contributed by atoms with van der Waals surface area (Å²) >= 11 is 0. The van der Waals surface area contributed by atoms with Crippen molar-refractivity contribution in [2.75, 3.05) is 26.4 Å². The van der Waals surface area contributed by atoms with Gasteiger partial charge in [-0.1, -0.05) is 142 Å². The van der Waals surface area contributed by atoms with Gasteiger partial charge in [-0.2, -0.15) is 0 Å². The second-order valence-corrected chi connectivity index (χ2v) is 11.0.